The maximum absolute atomic E-state index is 11.9. The summed E-state index contributed by atoms with van der Waals surface area (Å²) in [6.45, 7) is 6.54. The Morgan fingerprint density at radius 1 is 1.30 bits per heavy atom. The number of ether oxygens (including phenoxy) is 2. The lowest BCUT2D eigenvalue weighted by atomic mass is 10.1. The van der Waals surface area contributed by atoms with E-state index in [2.05, 4.69) is 13.8 Å². The van der Waals surface area contributed by atoms with Gasteiger partial charge in [0.25, 0.3) is 0 Å². The number of nitrogens with zero attached hydrogens (tertiary/aromatic N) is 1. The van der Waals surface area contributed by atoms with Crippen LogP contribution in [0.3, 0.4) is 0 Å². The standard InChI is InChI=1S/C15H20ClNO3/c1-11(2)9-17(15(18)8-16)10-12-3-4-13-14(7-12)20-6-5-19-13/h3-4,7,11H,5-6,8-10H2,1-2H3. The normalized spacial score (nSPS) is 13.4. The van der Waals surface area contributed by atoms with E-state index >= 15 is 0 Å². The molecule has 110 valence electrons. The van der Waals surface area contributed by atoms with Crippen LogP contribution in [0.2, 0.25) is 0 Å². The van der Waals surface area contributed by atoms with Gasteiger partial charge in [-0.15, -0.1) is 11.6 Å². The zero-order valence-electron chi connectivity index (χ0n) is 11.9. The fourth-order valence-corrected chi connectivity index (χ4v) is 2.36. The van der Waals surface area contributed by atoms with Gasteiger partial charge < -0.3 is 14.4 Å². The molecule has 5 heteroatoms. The van der Waals surface area contributed by atoms with Crippen LogP contribution in [0.25, 0.3) is 0 Å². The summed E-state index contributed by atoms with van der Waals surface area (Å²) >= 11 is 5.68. The smallest absolute Gasteiger partial charge is 0.237 e. The number of hydrogen-bond acceptors (Lipinski definition) is 3. The van der Waals surface area contributed by atoms with Gasteiger partial charge in [0.05, 0.1) is 0 Å². The van der Waals surface area contributed by atoms with E-state index in [9.17, 15) is 4.79 Å². The molecule has 0 aromatic heterocycles. The van der Waals surface area contributed by atoms with Crippen molar-refractivity contribution < 1.29 is 14.3 Å². The van der Waals surface area contributed by atoms with Gasteiger partial charge in [-0.1, -0.05) is 19.9 Å². The Balaban J connectivity index is 2.11. The minimum atomic E-state index is -0.0461. The number of amides is 1. The first-order chi connectivity index (χ1) is 9.60. The van der Waals surface area contributed by atoms with E-state index < -0.39 is 0 Å². The number of halogens is 1. The molecule has 4 nitrogen and oxygen atoms in total. The van der Waals surface area contributed by atoms with Crippen LogP contribution in [0, 0.1) is 5.92 Å². The summed E-state index contributed by atoms with van der Waals surface area (Å²) < 4.78 is 11.0. The second-order valence-electron chi connectivity index (χ2n) is 5.28. The molecule has 0 fully saturated rings. The summed E-state index contributed by atoms with van der Waals surface area (Å²) in [5.41, 5.74) is 1.02. The molecule has 2 rings (SSSR count). The largest absolute Gasteiger partial charge is 0.486 e. The van der Waals surface area contributed by atoms with Crippen molar-refractivity contribution in [3.05, 3.63) is 23.8 Å². The third-order valence-electron chi connectivity index (χ3n) is 3.03. The molecule has 0 saturated heterocycles. The lowest BCUT2D eigenvalue weighted by Crippen LogP contribution is -2.34. The summed E-state index contributed by atoms with van der Waals surface area (Å²) in [7, 11) is 0. The van der Waals surface area contributed by atoms with Crippen LogP contribution in [-0.4, -0.2) is 36.4 Å². The fraction of sp³-hybridized carbons (Fsp3) is 0.533. The molecule has 1 aliphatic rings. The van der Waals surface area contributed by atoms with Crippen molar-refractivity contribution in [3.8, 4) is 11.5 Å². The summed E-state index contributed by atoms with van der Waals surface area (Å²) in [5.74, 6) is 1.88. The van der Waals surface area contributed by atoms with E-state index in [0.29, 0.717) is 32.2 Å². The number of hydrogen-bond donors (Lipinski definition) is 0. The van der Waals surface area contributed by atoms with Gasteiger partial charge in [-0.3, -0.25) is 4.79 Å². The maximum atomic E-state index is 11.9. The molecule has 0 unspecified atom stereocenters. The molecule has 0 atom stereocenters. The highest BCUT2D eigenvalue weighted by molar-refractivity contribution is 6.27. The molecule has 0 radical (unpaired) electrons. The fourth-order valence-electron chi connectivity index (χ4n) is 2.19. The van der Waals surface area contributed by atoms with Crippen LogP contribution >= 0.6 is 11.6 Å². The number of carbonyl (C=O) groups excluding carboxylic acids is 1. The summed E-state index contributed by atoms with van der Waals surface area (Å²) in [4.78, 5) is 13.7. The van der Waals surface area contributed by atoms with E-state index in [1.807, 2.05) is 18.2 Å². The molecule has 0 aliphatic carbocycles. The first kappa shape index (κ1) is 15.0. The maximum Gasteiger partial charge on any atom is 0.237 e. The molecular weight excluding hydrogens is 278 g/mol. The molecule has 1 aromatic carbocycles. The molecule has 0 saturated carbocycles. The van der Waals surface area contributed by atoms with Crippen molar-refractivity contribution in [1.29, 1.82) is 0 Å². The van der Waals surface area contributed by atoms with Gasteiger partial charge in [-0.05, 0) is 23.6 Å². The third-order valence-corrected chi connectivity index (χ3v) is 3.26. The van der Waals surface area contributed by atoms with Gasteiger partial charge in [0.1, 0.15) is 19.1 Å². The average molecular weight is 298 g/mol. The van der Waals surface area contributed by atoms with Crippen molar-refractivity contribution in [1.82, 2.24) is 4.90 Å². The van der Waals surface area contributed by atoms with E-state index in [1.54, 1.807) is 4.90 Å². The molecule has 1 aromatic rings. The van der Waals surface area contributed by atoms with E-state index in [1.165, 1.54) is 0 Å². The predicted molar refractivity (Wildman–Crippen MR) is 78.4 cm³/mol. The Hall–Kier alpha value is -1.42. The third kappa shape index (κ3) is 3.79. The number of alkyl halides is 1. The summed E-state index contributed by atoms with van der Waals surface area (Å²) in [6.07, 6.45) is 0. The molecule has 1 amide bonds. The van der Waals surface area contributed by atoms with Gasteiger partial charge in [0.2, 0.25) is 5.91 Å². The number of benzene rings is 1. The van der Waals surface area contributed by atoms with Gasteiger partial charge in [0.15, 0.2) is 11.5 Å². The summed E-state index contributed by atoms with van der Waals surface area (Å²) in [6, 6.07) is 5.79. The lowest BCUT2D eigenvalue weighted by molar-refractivity contribution is -0.129. The molecule has 20 heavy (non-hydrogen) atoms. The molecule has 1 heterocycles. The van der Waals surface area contributed by atoms with Crippen molar-refractivity contribution in [2.45, 2.75) is 20.4 Å². The Labute approximate surface area is 124 Å². The van der Waals surface area contributed by atoms with Crippen LogP contribution in [0.4, 0.5) is 0 Å². The summed E-state index contributed by atoms with van der Waals surface area (Å²) in [5, 5.41) is 0. The van der Waals surface area contributed by atoms with Crippen LogP contribution in [0.15, 0.2) is 18.2 Å². The Morgan fingerprint density at radius 2 is 2.00 bits per heavy atom. The molecule has 0 N–H and O–H groups in total. The predicted octanol–water partition coefficient (Wildman–Crippen LogP) is 2.68. The first-order valence-corrected chi connectivity index (χ1v) is 7.36. The number of carbonyl (C=O) groups is 1. The van der Waals surface area contributed by atoms with E-state index in [-0.39, 0.29) is 11.8 Å². The minimum absolute atomic E-state index is 0.0112. The van der Waals surface area contributed by atoms with Crippen molar-refractivity contribution >= 4 is 17.5 Å². The van der Waals surface area contributed by atoms with Crippen LogP contribution < -0.4 is 9.47 Å². The lowest BCUT2D eigenvalue weighted by Gasteiger charge is -2.25. The van der Waals surface area contributed by atoms with Crippen LogP contribution in [-0.2, 0) is 11.3 Å². The topological polar surface area (TPSA) is 38.8 Å². The van der Waals surface area contributed by atoms with E-state index in [0.717, 1.165) is 17.1 Å². The zero-order chi connectivity index (χ0) is 14.5. The molecule has 0 spiro atoms. The quantitative estimate of drug-likeness (QED) is 0.784. The van der Waals surface area contributed by atoms with E-state index in [4.69, 9.17) is 21.1 Å². The zero-order valence-corrected chi connectivity index (χ0v) is 12.7. The Morgan fingerprint density at radius 3 is 2.65 bits per heavy atom. The second kappa shape index (κ2) is 6.84. The SMILES string of the molecule is CC(C)CN(Cc1ccc2c(c1)OCCO2)C(=O)CCl. The highest BCUT2D eigenvalue weighted by atomic mass is 35.5. The second-order valence-corrected chi connectivity index (χ2v) is 5.55. The van der Waals surface area contributed by atoms with Gasteiger partial charge in [0, 0.05) is 13.1 Å². The highest BCUT2D eigenvalue weighted by Crippen LogP contribution is 2.31. The molecule has 0 bridgehead atoms. The highest BCUT2D eigenvalue weighted by Gasteiger charge is 2.17. The van der Waals surface area contributed by atoms with Crippen molar-refractivity contribution in [3.63, 3.8) is 0 Å². The minimum Gasteiger partial charge on any atom is -0.486 e. The van der Waals surface area contributed by atoms with Crippen LogP contribution in [0.1, 0.15) is 19.4 Å². The molecule has 1 aliphatic heterocycles. The van der Waals surface area contributed by atoms with Gasteiger partial charge in [-0.25, -0.2) is 0 Å². The first-order valence-electron chi connectivity index (χ1n) is 6.82. The van der Waals surface area contributed by atoms with Gasteiger partial charge in [-0.2, -0.15) is 0 Å². The van der Waals surface area contributed by atoms with Gasteiger partial charge >= 0.3 is 0 Å². The Bertz CT molecular complexity index is 476. The Kier molecular flexibility index (Phi) is 5.12. The van der Waals surface area contributed by atoms with Crippen molar-refractivity contribution in [2.24, 2.45) is 5.92 Å². The van der Waals surface area contributed by atoms with Crippen LogP contribution in [0.5, 0.6) is 11.5 Å². The monoisotopic (exact) mass is 297 g/mol. The number of rotatable bonds is 5. The number of fused-ring (bicyclic) bond motifs is 1. The van der Waals surface area contributed by atoms with Crippen molar-refractivity contribution in [2.75, 3.05) is 25.6 Å². The average Bonchev–Trinajstić information content (AvgIpc) is 2.45. The molecular formula is C15H20ClNO3.